The van der Waals surface area contributed by atoms with Crippen molar-refractivity contribution < 1.29 is 9.18 Å². The zero-order chi connectivity index (χ0) is 13.1. The van der Waals surface area contributed by atoms with E-state index in [1.54, 1.807) is 0 Å². The van der Waals surface area contributed by atoms with Crippen LogP contribution in [0.15, 0.2) is 30.6 Å². The molecule has 0 saturated carbocycles. The number of nitrogen functional groups attached to an aromatic ring is 1. The molecule has 0 saturated heterocycles. The second kappa shape index (κ2) is 5.05. The predicted octanol–water partition coefficient (Wildman–Crippen LogP) is 1.90. The summed E-state index contributed by atoms with van der Waals surface area (Å²) >= 11 is 5.60. The van der Waals surface area contributed by atoms with Crippen LogP contribution in [-0.4, -0.2) is 15.7 Å². The quantitative estimate of drug-likeness (QED) is 0.893. The number of carbonyl (C=O) groups excluding carboxylic acids is 1. The number of halogens is 2. The highest BCUT2D eigenvalue weighted by atomic mass is 35.5. The number of anilines is 2. The Hall–Kier alpha value is -2.08. The van der Waals surface area contributed by atoms with Gasteiger partial charge in [0.15, 0.2) is 0 Å². The lowest BCUT2D eigenvalue weighted by molar-refractivity contribution is -0.116. The molecule has 1 aromatic heterocycles. The Kier molecular flexibility index (Phi) is 3.47. The monoisotopic (exact) mass is 268 g/mol. The van der Waals surface area contributed by atoms with Crippen molar-refractivity contribution >= 4 is 28.9 Å². The molecule has 0 fully saturated rings. The van der Waals surface area contributed by atoms with E-state index in [4.69, 9.17) is 17.3 Å². The highest BCUT2D eigenvalue weighted by Gasteiger charge is 2.06. The number of rotatable bonds is 3. The molecule has 1 aromatic carbocycles. The molecule has 18 heavy (non-hydrogen) atoms. The number of nitrogens with two attached hydrogens (primary N) is 1. The first-order valence-electron chi connectivity index (χ1n) is 5.07. The molecule has 0 unspecified atom stereocenters. The van der Waals surface area contributed by atoms with Gasteiger partial charge in [-0.05, 0) is 18.2 Å². The summed E-state index contributed by atoms with van der Waals surface area (Å²) in [6.45, 7) is 0.0200. The minimum Gasteiger partial charge on any atom is -0.396 e. The number of hydrogen-bond donors (Lipinski definition) is 2. The average molecular weight is 269 g/mol. The summed E-state index contributed by atoms with van der Waals surface area (Å²) in [6.07, 6.45) is 2.99. The highest BCUT2D eigenvalue weighted by Crippen LogP contribution is 2.19. The first kappa shape index (κ1) is 12.4. The van der Waals surface area contributed by atoms with Crippen LogP contribution in [0.5, 0.6) is 0 Å². The molecule has 3 N–H and O–H groups in total. The van der Waals surface area contributed by atoms with Crippen molar-refractivity contribution in [1.82, 2.24) is 9.78 Å². The molecule has 94 valence electrons. The first-order valence-corrected chi connectivity index (χ1v) is 5.45. The third-order valence-corrected chi connectivity index (χ3v) is 2.45. The van der Waals surface area contributed by atoms with E-state index in [1.807, 2.05) is 0 Å². The van der Waals surface area contributed by atoms with Gasteiger partial charge in [0.2, 0.25) is 5.91 Å². The molecule has 0 aliphatic rings. The molecule has 2 aromatic rings. The Bertz CT molecular complexity index is 584. The van der Waals surface area contributed by atoms with Crippen molar-refractivity contribution in [3.8, 4) is 0 Å². The van der Waals surface area contributed by atoms with Gasteiger partial charge in [0.1, 0.15) is 12.4 Å². The number of carbonyl (C=O) groups is 1. The van der Waals surface area contributed by atoms with Crippen LogP contribution in [-0.2, 0) is 11.3 Å². The highest BCUT2D eigenvalue weighted by molar-refractivity contribution is 6.31. The van der Waals surface area contributed by atoms with Gasteiger partial charge in [0, 0.05) is 11.9 Å². The van der Waals surface area contributed by atoms with Gasteiger partial charge in [0.05, 0.1) is 16.9 Å². The molecule has 0 aliphatic carbocycles. The number of amides is 1. The van der Waals surface area contributed by atoms with Gasteiger partial charge in [-0.2, -0.15) is 5.10 Å². The van der Waals surface area contributed by atoms with Crippen LogP contribution in [0.4, 0.5) is 15.8 Å². The number of benzene rings is 1. The lowest BCUT2D eigenvalue weighted by Gasteiger charge is -2.06. The molecule has 0 aliphatic heterocycles. The summed E-state index contributed by atoms with van der Waals surface area (Å²) in [5, 5.41) is 6.40. The lowest BCUT2D eigenvalue weighted by atomic mass is 10.3. The van der Waals surface area contributed by atoms with Crippen molar-refractivity contribution in [1.29, 1.82) is 0 Å². The normalized spacial score (nSPS) is 10.3. The first-order chi connectivity index (χ1) is 8.54. The Balaban J connectivity index is 2.00. The zero-order valence-corrected chi connectivity index (χ0v) is 9.99. The Labute approximate surface area is 107 Å². The molecule has 7 heteroatoms. The molecule has 1 amide bonds. The second-order valence-corrected chi connectivity index (χ2v) is 4.06. The van der Waals surface area contributed by atoms with Crippen LogP contribution in [0.2, 0.25) is 5.02 Å². The molecular weight excluding hydrogens is 259 g/mol. The maximum Gasteiger partial charge on any atom is 0.246 e. The van der Waals surface area contributed by atoms with Gasteiger partial charge in [-0.3, -0.25) is 9.48 Å². The summed E-state index contributed by atoms with van der Waals surface area (Å²) < 4.78 is 14.3. The van der Waals surface area contributed by atoms with Crippen LogP contribution in [0.1, 0.15) is 0 Å². The van der Waals surface area contributed by atoms with Crippen LogP contribution in [0.25, 0.3) is 0 Å². The summed E-state index contributed by atoms with van der Waals surface area (Å²) in [5.74, 6) is -0.838. The third-order valence-electron chi connectivity index (χ3n) is 2.16. The molecular formula is C11H10ClFN4O. The standard InChI is InChI=1S/C11H10ClFN4O/c12-9-3-8(1-2-10(9)13)16-11(18)6-17-5-7(14)4-15-17/h1-5H,6,14H2,(H,16,18). The predicted molar refractivity (Wildman–Crippen MR) is 66.7 cm³/mol. The molecule has 0 atom stereocenters. The van der Waals surface area contributed by atoms with Crippen LogP contribution >= 0.6 is 11.6 Å². The van der Waals surface area contributed by atoms with Crippen molar-refractivity contribution in [2.45, 2.75) is 6.54 Å². The van der Waals surface area contributed by atoms with Gasteiger partial charge < -0.3 is 11.1 Å². The van der Waals surface area contributed by atoms with Crippen LogP contribution < -0.4 is 11.1 Å². The number of nitrogens with zero attached hydrogens (tertiary/aromatic N) is 2. The van der Waals surface area contributed by atoms with E-state index in [9.17, 15) is 9.18 Å². The van der Waals surface area contributed by atoms with Gasteiger partial charge in [-0.25, -0.2) is 4.39 Å². The minimum absolute atomic E-state index is 0.0200. The average Bonchev–Trinajstić information content (AvgIpc) is 2.69. The molecule has 5 nitrogen and oxygen atoms in total. The fraction of sp³-hybridized carbons (Fsp3) is 0.0909. The molecule has 0 radical (unpaired) electrons. The van der Waals surface area contributed by atoms with E-state index in [2.05, 4.69) is 10.4 Å². The fourth-order valence-corrected chi connectivity index (χ4v) is 1.57. The summed E-state index contributed by atoms with van der Waals surface area (Å²) in [6, 6.07) is 3.95. The third kappa shape index (κ3) is 2.98. The summed E-state index contributed by atoms with van der Waals surface area (Å²) in [7, 11) is 0. The number of hydrogen-bond acceptors (Lipinski definition) is 3. The van der Waals surface area contributed by atoms with Gasteiger partial charge in [0.25, 0.3) is 0 Å². The van der Waals surface area contributed by atoms with Crippen molar-refractivity contribution in [3.63, 3.8) is 0 Å². The SMILES string of the molecule is Nc1cnn(CC(=O)Nc2ccc(F)c(Cl)c2)c1. The summed E-state index contributed by atoms with van der Waals surface area (Å²) in [5.41, 5.74) is 6.37. The molecule has 2 rings (SSSR count). The Morgan fingerprint density at radius 2 is 2.33 bits per heavy atom. The molecule has 1 heterocycles. The van der Waals surface area contributed by atoms with Gasteiger partial charge in [-0.1, -0.05) is 11.6 Å². The second-order valence-electron chi connectivity index (χ2n) is 3.65. The smallest absolute Gasteiger partial charge is 0.246 e. The Morgan fingerprint density at radius 1 is 1.56 bits per heavy atom. The van der Waals surface area contributed by atoms with Crippen LogP contribution in [0.3, 0.4) is 0 Å². The topological polar surface area (TPSA) is 72.9 Å². The molecule has 0 spiro atoms. The van der Waals surface area contributed by atoms with E-state index in [0.717, 1.165) is 0 Å². The van der Waals surface area contributed by atoms with Crippen molar-refractivity contribution in [2.75, 3.05) is 11.1 Å². The minimum atomic E-state index is -0.533. The van der Waals surface area contributed by atoms with Gasteiger partial charge >= 0.3 is 0 Å². The summed E-state index contributed by atoms with van der Waals surface area (Å²) in [4.78, 5) is 11.6. The van der Waals surface area contributed by atoms with Crippen LogP contribution in [0, 0.1) is 5.82 Å². The largest absolute Gasteiger partial charge is 0.396 e. The zero-order valence-electron chi connectivity index (χ0n) is 9.23. The van der Waals surface area contributed by atoms with E-state index in [1.165, 1.54) is 35.3 Å². The fourth-order valence-electron chi connectivity index (χ4n) is 1.39. The molecule has 0 bridgehead atoms. The van der Waals surface area contributed by atoms with E-state index in [0.29, 0.717) is 11.4 Å². The number of aromatic nitrogens is 2. The van der Waals surface area contributed by atoms with Gasteiger partial charge in [-0.15, -0.1) is 0 Å². The lowest BCUT2D eigenvalue weighted by Crippen LogP contribution is -2.19. The van der Waals surface area contributed by atoms with E-state index >= 15 is 0 Å². The number of nitrogens with one attached hydrogen (secondary N) is 1. The maximum atomic E-state index is 12.9. The van der Waals surface area contributed by atoms with Crippen molar-refractivity contribution in [3.05, 3.63) is 41.4 Å². The maximum absolute atomic E-state index is 12.9. The van der Waals surface area contributed by atoms with E-state index in [-0.39, 0.29) is 17.5 Å². The Morgan fingerprint density at radius 3 is 2.94 bits per heavy atom. The van der Waals surface area contributed by atoms with Crippen molar-refractivity contribution in [2.24, 2.45) is 0 Å². The van der Waals surface area contributed by atoms with E-state index < -0.39 is 5.82 Å².